The number of hydrogen-bond donors (Lipinski definition) is 2. The zero-order chi connectivity index (χ0) is 12.0. The minimum atomic E-state index is -0.238. The average molecular weight is 218 g/mol. The summed E-state index contributed by atoms with van der Waals surface area (Å²) in [5.41, 5.74) is 3.43. The Bertz CT molecular complexity index is 632. The number of rotatable bonds is 0. The molecular formula is C12H14N2O2. The Balaban J connectivity index is 3.28. The van der Waals surface area contributed by atoms with Crippen LogP contribution in [0, 0.1) is 27.7 Å². The van der Waals surface area contributed by atoms with Gasteiger partial charge in [0.2, 0.25) is 0 Å². The van der Waals surface area contributed by atoms with E-state index in [9.17, 15) is 9.59 Å². The van der Waals surface area contributed by atoms with E-state index in [1.54, 1.807) is 0 Å². The predicted octanol–water partition coefficient (Wildman–Crippen LogP) is 1.45. The second-order valence-corrected chi connectivity index (χ2v) is 4.16. The smallest absolute Gasteiger partial charge is 0.267 e. The molecule has 16 heavy (non-hydrogen) atoms. The van der Waals surface area contributed by atoms with Crippen molar-refractivity contribution in [2.45, 2.75) is 27.7 Å². The van der Waals surface area contributed by atoms with Gasteiger partial charge in [0.15, 0.2) is 0 Å². The molecule has 2 rings (SSSR count). The molecule has 0 saturated heterocycles. The lowest BCUT2D eigenvalue weighted by atomic mass is 9.93. The molecule has 0 unspecified atom stereocenters. The van der Waals surface area contributed by atoms with Gasteiger partial charge in [-0.15, -0.1) is 0 Å². The van der Waals surface area contributed by atoms with Crippen molar-refractivity contribution in [2.75, 3.05) is 0 Å². The third-order valence-electron chi connectivity index (χ3n) is 3.43. The maximum Gasteiger partial charge on any atom is 0.270 e. The monoisotopic (exact) mass is 218 g/mol. The van der Waals surface area contributed by atoms with Crippen LogP contribution in [-0.4, -0.2) is 10.2 Å². The molecule has 4 heteroatoms. The molecule has 0 radical (unpaired) electrons. The largest absolute Gasteiger partial charge is 0.270 e. The molecule has 0 aliphatic carbocycles. The molecule has 0 spiro atoms. The topological polar surface area (TPSA) is 65.7 Å². The number of nitrogens with one attached hydrogen (secondary N) is 2. The summed E-state index contributed by atoms with van der Waals surface area (Å²) in [7, 11) is 0. The number of aromatic amines is 2. The van der Waals surface area contributed by atoms with Crippen molar-refractivity contribution < 1.29 is 0 Å². The molecule has 0 aliphatic rings. The lowest BCUT2D eigenvalue weighted by Gasteiger charge is -2.11. The Morgan fingerprint density at radius 2 is 0.938 bits per heavy atom. The minimum Gasteiger partial charge on any atom is -0.267 e. The molecule has 0 fully saturated rings. The predicted molar refractivity (Wildman–Crippen MR) is 64.1 cm³/mol. The van der Waals surface area contributed by atoms with Gasteiger partial charge in [0, 0.05) is 0 Å². The van der Waals surface area contributed by atoms with Gasteiger partial charge in [-0.2, -0.15) is 0 Å². The van der Waals surface area contributed by atoms with Crippen LogP contribution >= 0.6 is 0 Å². The van der Waals surface area contributed by atoms with Crippen molar-refractivity contribution in [3.05, 3.63) is 43.0 Å². The van der Waals surface area contributed by atoms with Gasteiger partial charge < -0.3 is 0 Å². The van der Waals surface area contributed by atoms with Crippen molar-refractivity contribution in [1.82, 2.24) is 10.2 Å². The van der Waals surface area contributed by atoms with E-state index in [1.165, 1.54) is 0 Å². The lowest BCUT2D eigenvalue weighted by Crippen LogP contribution is -2.21. The maximum atomic E-state index is 11.7. The quantitative estimate of drug-likeness (QED) is 0.702. The molecule has 0 atom stereocenters. The first kappa shape index (κ1) is 10.7. The number of fused-ring (bicyclic) bond motifs is 1. The Hall–Kier alpha value is -1.84. The van der Waals surface area contributed by atoms with E-state index in [-0.39, 0.29) is 11.1 Å². The van der Waals surface area contributed by atoms with Crippen LogP contribution in [0.1, 0.15) is 22.3 Å². The number of aromatic nitrogens is 2. The molecule has 2 N–H and O–H groups in total. The normalized spacial score (nSPS) is 11.0. The van der Waals surface area contributed by atoms with Crippen molar-refractivity contribution in [3.8, 4) is 0 Å². The summed E-state index contributed by atoms with van der Waals surface area (Å²) in [6.07, 6.45) is 0. The van der Waals surface area contributed by atoms with Crippen LogP contribution in [0.4, 0.5) is 0 Å². The molecule has 0 bridgehead atoms. The van der Waals surface area contributed by atoms with E-state index < -0.39 is 0 Å². The summed E-state index contributed by atoms with van der Waals surface area (Å²) in [6.45, 7) is 7.69. The second-order valence-electron chi connectivity index (χ2n) is 4.16. The molecule has 1 aromatic carbocycles. The van der Waals surface area contributed by atoms with E-state index in [0.717, 1.165) is 22.3 Å². The highest BCUT2D eigenvalue weighted by Crippen LogP contribution is 2.23. The number of benzene rings is 1. The van der Waals surface area contributed by atoms with Gasteiger partial charge in [0.25, 0.3) is 11.1 Å². The molecule has 4 nitrogen and oxygen atoms in total. The molecule has 0 saturated carbocycles. The first-order valence-corrected chi connectivity index (χ1v) is 5.16. The fourth-order valence-corrected chi connectivity index (χ4v) is 2.12. The summed E-state index contributed by atoms with van der Waals surface area (Å²) in [6, 6.07) is 0. The highest BCUT2D eigenvalue weighted by molar-refractivity contribution is 5.88. The molecular weight excluding hydrogens is 204 g/mol. The van der Waals surface area contributed by atoms with Crippen LogP contribution in [0.25, 0.3) is 10.8 Å². The minimum absolute atomic E-state index is 0.238. The summed E-state index contributed by atoms with van der Waals surface area (Å²) in [4.78, 5) is 23.5. The molecule has 0 amide bonds. The van der Waals surface area contributed by atoms with Crippen LogP contribution in [-0.2, 0) is 0 Å². The lowest BCUT2D eigenvalue weighted by molar-refractivity contribution is 0.971. The van der Waals surface area contributed by atoms with Crippen LogP contribution in [0.3, 0.4) is 0 Å². The van der Waals surface area contributed by atoms with Gasteiger partial charge in [0.1, 0.15) is 0 Å². The first-order valence-electron chi connectivity index (χ1n) is 5.16. The van der Waals surface area contributed by atoms with Gasteiger partial charge >= 0.3 is 0 Å². The Morgan fingerprint density at radius 3 is 1.25 bits per heavy atom. The summed E-state index contributed by atoms with van der Waals surface area (Å²) < 4.78 is 0. The van der Waals surface area contributed by atoms with Gasteiger partial charge in [-0.25, -0.2) is 0 Å². The van der Waals surface area contributed by atoms with E-state index >= 15 is 0 Å². The SMILES string of the molecule is Cc1c(C)c(C)c2c(=O)[nH][nH]c(=O)c2c1C. The highest BCUT2D eigenvalue weighted by Gasteiger charge is 2.13. The Morgan fingerprint density at radius 1 is 0.625 bits per heavy atom. The van der Waals surface area contributed by atoms with Crippen molar-refractivity contribution in [3.63, 3.8) is 0 Å². The number of aryl methyl sites for hydroxylation is 2. The molecule has 84 valence electrons. The summed E-state index contributed by atoms with van der Waals surface area (Å²) in [5, 5.41) is 5.74. The third-order valence-corrected chi connectivity index (χ3v) is 3.43. The van der Waals surface area contributed by atoms with Crippen molar-refractivity contribution >= 4 is 10.8 Å². The van der Waals surface area contributed by atoms with Gasteiger partial charge in [-0.05, 0) is 49.9 Å². The zero-order valence-electron chi connectivity index (χ0n) is 9.82. The van der Waals surface area contributed by atoms with E-state index in [0.29, 0.717) is 10.8 Å². The van der Waals surface area contributed by atoms with Gasteiger partial charge in [-0.1, -0.05) is 0 Å². The van der Waals surface area contributed by atoms with Crippen LogP contribution in [0.5, 0.6) is 0 Å². The Kier molecular flexibility index (Phi) is 2.22. The summed E-state index contributed by atoms with van der Waals surface area (Å²) >= 11 is 0. The van der Waals surface area contributed by atoms with Gasteiger partial charge in [-0.3, -0.25) is 19.8 Å². The zero-order valence-corrected chi connectivity index (χ0v) is 9.82. The highest BCUT2D eigenvalue weighted by atomic mass is 16.1. The van der Waals surface area contributed by atoms with Crippen molar-refractivity contribution in [1.29, 1.82) is 0 Å². The van der Waals surface area contributed by atoms with E-state index in [4.69, 9.17) is 0 Å². The third kappa shape index (κ3) is 1.23. The Labute approximate surface area is 92.3 Å². The van der Waals surface area contributed by atoms with Crippen molar-refractivity contribution in [2.24, 2.45) is 0 Å². The fourth-order valence-electron chi connectivity index (χ4n) is 2.12. The maximum absolute atomic E-state index is 11.7. The average Bonchev–Trinajstić information content (AvgIpc) is 2.26. The first-order chi connectivity index (χ1) is 7.45. The van der Waals surface area contributed by atoms with Crippen LogP contribution < -0.4 is 11.1 Å². The molecule has 2 aromatic rings. The van der Waals surface area contributed by atoms with E-state index in [1.807, 2.05) is 27.7 Å². The van der Waals surface area contributed by atoms with Gasteiger partial charge in [0.05, 0.1) is 10.8 Å². The van der Waals surface area contributed by atoms with Crippen LogP contribution in [0.2, 0.25) is 0 Å². The molecule has 1 aromatic heterocycles. The fraction of sp³-hybridized carbons (Fsp3) is 0.333. The van der Waals surface area contributed by atoms with E-state index in [2.05, 4.69) is 10.2 Å². The summed E-state index contributed by atoms with van der Waals surface area (Å²) in [5.74, 6) is 0. The second kappa shape index (κ2) is 3.33. The number of H-pyrrole nitrogens is 2. The van der Waals surface area contributed by atoms with Crippen LogP contribution in [0.15, 0.2) is 9.59 Å². The molecule has 1 heterocycles. The standard InChI is InChI=1S/C12H14N2O2/c1-5-6(2)8(4)10-9(7(5)3)11(15)13-14-12(10)16/h1-4H3,(H,13,15)(H,14,16). The molecule has 0 aliphatic heterocycles. The number of hydrogen-bond acceptors (Lipinski definition) is 2.